The van der Waals surface area contributed by atoms with E-state index in [1.807, 2.05) is 24.0 Å². The summed E-state index contributed by atoms with van der Waals surface area (Å²) in [7, 11) is 1.96. The fraction of sp³-hybridized carbons (Fsp3) is 0.610. The number of aromatic nitrogens is 4. The molecule has 1 saturated heterocycles. The second kappa shape index (κ2) is 22.1. The van der Waals surface area contributed by atoms with Gasteiger partial charge in [0.25, 0.3) is 5.91 Å². The van der Waals surface area contributed by atoms with Crippen LogP contribution in [-0.4, -0.2) is 132 Å². The monoisotopic (exact) mass is 897 g/mol. The molecule has 6 N–H and O–H groups in total. The van der Waals surface area contributed by atoms with E-state index in [0.717, 1.165) is 53.8 Å². The van der Waals surface area contributed by atoms with Gasteiger partial charge in [-0.2, -0.15) is 5.10 Å². The first kappa shape index (κ1) is 45.3. The van der Waals surface area contributed by atoms with Crippen molar-refractivity contribution < 1.29 is 38.2 Å². The van der Waals surface area contributed by atoms with Crippen molar-refractivity contribution in [3.63, 3.8) is 0 Å². The van der Waals surface area contributed by atoms with Crippen molar-refractivity contribution in [2.75, 3.05) is 64.6 Å². The average Bonchev–Trinajstić information content (AvgIpc) is 3.77. The van der Waals surface area contributed by atoms with Crippen LogP contribution in [-0.2, 0) is 55.2 Å². The van der Waals surface area contributed by atoms with Crippen molar-refractivity contribution >= 4 is 58.5 Å². The number of urea groups is 1. The highest BCUT2D eigenvalue weighted by Crippen LogP contribution is 2.37. The molecule has 3 fully saturated rings. The Morgan fingerprint density at radius 1 is 0.903 bits per heavy atom. The molecule has 0 spiro atoms. The van der Waals surface area contributed by atoms with Crippen LogP contribution in [0.1, 0.15) is 77.2 Å². The largest absolute Gasteiger partial charge is 0.377 e. The van der Waals surface area contributed by atoms with E-state index in [1.165, 1.54) is 29.1 Å². The Bertz CT molecular complexity index is 2050. The number of thiophene rings is 1. The van der Waals surface area contributed by atoms with E-state index >= 15 is 0 Å². The Morgan fingerprint density at radius 2 is 1.61 bits per heavy atom. The lowest BCUT2D eigenvalue weighted by Crippen LogP contribution is -2.52. The number of fused-ring (bicyclic) bond motifs is 1. The number of hydrogen-bond donors (Lipinski definition) is 6. The van der Waals surface area contributed by atoms with Crippen molar-refractivity contribution in [2.24, 2.45) is 13.0 Å². The highest BCUT2D eigenvalue weighted by Gasteiger charge is 2.40. The van der Waals surface area contributed by atoms with Gasteiger partial charge in [0.05, 0.1) is 80.7 Å². The number of carbonyl (C=O) groups is 5. The number of halogens is 1. The Labute approximate surface area is 369 Å². The lowest BCUT2D eigenvalue weighted by atomic mass is 9.91. The highest BCUT2D eigenvalue weighted by atomic mass is 35.5. The van der Waals surface area contributed by atoms with E-state index in [4.69, 9.17) is 30.8 Å². The Hall–Kier alpha value is -4.73. The van der Waals surface area contributed by atoms with Crippen LogP contribution in [0.5, 0.6) is 0 Å². The first-order valence-corrected chi connectivity index (χ1v) is 22.6. The fourth-order valence-electron chi connectivity index (χ4n) is 7.81. The molecule has 2 aliphatic carbocycles. The quantitative estimate of drug-likeness (QED) is 0.0594. The molecule has 5 heterocycles. The van der Waals surface area contributed by atoms with Crippen LogP contribution in [0.25, 0.3) is 11.3 Å². The van der Waals surface area contributed by atoms with Crippen molar-refractivity contribution in [2.45, 2.75) is 89.0 Å². The number of imide groups is 1. The summed E-state index contributed by atoms with van der Waals surface area (Å²) in [6, 6.07) is 1.36. The highest BCUT2D eigenvalue weighted by molar-refractivity contribution is 7.14. The topological polar surface area (TPSA) is 232 Å². The molecular formula is C41H56ClN11O8S. The maximum absolute atomic E-state index is 12.9. The van der Waals surface area contributed by atoms with Crippen LogP contribution in [0, 0.1) is 5.92 Å². The summed E-state index contributed by atoms with van der Waals surface area (Å²) in [5.41, 5.74) is 3.65. The van der Waals surface area contributed by atoms with Gasteiger partial charge in [0, 0.05) is 61.3 Å². The molecule has 6 amide bonds. The van der Waals surface area contributed by atoms with Gasteiger partial charge in [-0.3, -0.25) is 29.2 Å². The van der Waals surface area contributed by atoms with Crippen molar-refractivity contribution in [3.8, 4) is 11.3 Å². The zero-order chi connectivity index (χ0) is 43.4. The summed E-state index contributed by atoms with van der Waals surface area (Å²) < 4.78 is 18.5. The normalized spacial score (nSPS) is 19.9. The van der Waals surface area contributed by atoms with E-state index in [0.29, 0.717) is 93.2 Å². The molecule has 2 aliphatic heterocycles. The number of anilines is 1. The third kappa shape index (κ3) is 12.7. The first-order chi connectivity index (χ1) is 30.1. The smallest absolute Gasteiger partial charge is 0.315 e. The third-order valence-corrected chi connectivity index (χ3v) is 12.8. The second-order valence-corrected chi connectivity index (χ2v) is 17.5. The van der Waals surface area contributed by atoms with Gasteiger partial charge in [-0.05, 0) is 68.9 Å². The van der Waals surface area contributed by atoms with E-state index in [1.54, 1.807) is 6.20 Å². The molecule has 0 radical (unpaired) electrons. The van der Waals surface area contributed by atoms with E-state index in [-0.39, 0.29) is 55.3 Å². The molecule has 1 atom stereocenters. The van der Waals surface area contributed by atoms with Gasteiger partial charge in [0.15, 0.2) is 0 Å². The zero-order valence-corrected chi connectivity index (χ0v) is 36.5. The van der Waals surface area contributed by atoms with Crippen LogP contribution in [0.4, 0.5) is 10.7 Å². The lowest BCUT2D eigenvalue weighted by Gasteiger charge is -2.29. The SMILES string of the molecule is Cn1ncc(-c2nc(N[C@H]3CC[C@H](NCC(=O)NCCOCCOCCOCCNC(=O)NCc4cc5c(s4)C(=O)N(C4CCC(=O)NC4=O)C5)CC3)ncc2Cl)c1CC1CC1. The minimum Gasteiger partial charge on any atom is -0.377 e. The van der Waals surface area contributed by atoms with Crippen molar-refractivity contribution in [1.29, 1.82) is 0 Å². The molecule has 3 aromatic rings. The molecule has 3 aromatic heterocycles. The number of aryl methyl sites for hydroxylation is 1. The van der Waals surface area contributed by atoms with Gasteiger partial charge in [-0.15, -0.1) is 11.3 Å². The number of rotatable bonds is 23. The second-order valence-electron chi connectivity index (χ2n) is 16.0. The number of nitrogens with zero attached hydrogens (tertiary/aromatic N) is 5. The molecule has 7 rings (SSSR count). The molecule has 0 bridgehead atoms. The van der Waals surface area contributed by atoms with Crippen molar-refractivity contribution in [3.05, 3.63) is 44.5 Å². The molecule has 1 unspecified atom stereocenters. The number of ether oxygens (including phenoxy) is 3. The minimum atomic E-state index is -0.646. The predicted octanol–water partition coefficient (Wildman–Crippen LogP) is 2.28. The number of nitrogens with one attached hydrogen (secondary N) is 6. The summed E-state index contributed by atoms with van der Waals surface area (Å²) in [6.07, 6.45) is 11.3. The summed E-state index contributed by atoms with van der Waals surface area (Å²) in [5, 5.41) is 22.6. The molecular weight excluding hydrogens is 842 g/mol. The van der Waals surface area contributed by atoms with Gasteiger partial charge >= 0.3 is 6.03 Å². The molecule has 0 aromatic carbocycles. The molecule has 19 nitrogen and oxygen atoms in total. The van der Waals surface area contributed by atoms with Crippen LogP contribution < -0.4 is 31.9 Å². The van der Waals surface area contributed by atoms with E-state index in [2.05, 4.69) is 42.0 Å². The molecule has 336 valence electrons. The van der Waals surface area contributed by atoms with Gasteiger partial charge in [-0.25, -0.2) is 14.8 Å². The van der Waals surface area contributed by atoms with Crippen LogP contribution >= 0.6 is 22.9 Å². The number of amides is 6. The van der Waals surface area contributed by atoms with Crippen LogP contribution in [0.3, 0.4) is 0 Å². The maximum Gasteiger partial charge on any atom is 0.315 e. The predicted molar refractivity (Wildman–Crippen MR) is 229 cm³/mol. The molecule has 2 saturated carbocycles. The van der Waals surface area contributed by atoms with Crippen LogP contribution in [0.2, 0.25) is 5.02 Å². The van der Waals surface area contributed by atoms with Gasteiger partial charge < -0.3 is 45.7 Å². The number of hydrogen-bond acceptors (Lipinski definition) is 14. The Kier molecular flexibility index (Phi) is 16.1. The zero-order valence-electron chi connectivity index (χ0n) is 35.0. The van der Waals surface area contributed by atoms with Gasteiger partial charge in [-0.1, -0.05) is 11.6 Å². The number of carbonyl (C=O) groups excluding carboxylic acids is 5. The van der Waals surface area contributed by atoms with Gasteiger partial charge in [0.2, 0.25) is 23.7 Å². The fourth-order valence-corrected chi connectivity index (χ4v) is 9.07. The Balaban J connectivity index is 0.648. The first-order valence-electron chi connectivity index (χ1n) is 21.4. The van der Waals surface area contributed by atoms with Gasteiger partial charge in [0.1, 0.15) is 6.04 Å². The molecule has 4 aliphatic rings. The average molecular weight is 898 g/mol. The van der Waals surface area contributed by atoms with Crippen molar-refractivity contribution in [1.82, 2.24) is 51.2 Å². The summed E-state index contributed by atoms with van der Waals surface area (Å²) in [5.74, 6) is 0.221. The summed E-state index contributed by atoms with van der Waals surface area (Å²) in [4.78, 5) is 73.3. The van der Waals surface area contributed by atoms with Crippen LogP contribution in [0.15, 0.2) is 18.5 Å². The Morgan fingerprint density at radius 3 is 2.32 bits per heavy atom. The standard InChI is InChI=1S/C41H56ClN11O8S/c1-52-33(18-25-2-3-25)30(21-48-52)36-31(42)22-46-40(51-36)49-28-6-4-27(5-7-28)45-23-35(55)43-10-12-59-14-16-61-17-15-60-13-11-44-41(58)47-20-29-19-26-24-53(39(57)37(26)62-29)32-8-9-34(54)50-38(32)56/h19,21-22,25,27-28,32,45H,2-18,20,23-24H2,1H3,(H,43,55)(H2,44,47,58)(H,46,49,51)(H,50,54,56)/t27-,28-,32?. The van der Waals surface area contributed by atoms with E-state index < -0.39 is 11.9 Å². The maximum atomic E-state index is 12.9. The summed E-state index contributed by atoms with van der Waals surface area (Å²) >= 11 is 7.84. The minimum absolute atomic E-state index is 0.0717. The number of piperidine rings is 1. The molecule has 62 heavy (non-hydrogen) atoms. The third-order valence-electron chi connectivity index (χ3n) is 11.4. The lowest BCUT2D eigenvalue weighted by molar-refractivity contribution is -0.137. The summed E-state index contributed by atoms with van der Waals surface area (Å²) in [6.45, 7) is 3.74. The molecule has 21 heteroatoms. The van der Waals surface area contributed by atoms with E-state index in [9.17, 15) is 24.0 Å².